The fourth-order valence-corrected chi connectivity index (χ4v) is 2.91. The predicted molar refractivity (Wildman–Crippen MR) is 87.1 cm³/mol. The summed E-state index contributed by atoms with van der Waals surface area (Å²) in [6, 6.07) is 9.62. The van der Waals surface area contributed by atoms with E-state index in [9.17, 15) is 4.79 Å². The Hall–Kier alpha value is -2.76. The number of rotatable bonds is 5. The van der Waals surface area contributed by atoms with Gasteiger partial charge in [-0.05, 0) is 30.2 Å². The van der Waals surface area contributed by atoms with E-state index in [-0.39, 0.29) is 12.7 Å². The fourth-order valence-electron chi connectivity index (χ4n) is 2.91. The second kappa shape index (κ2) is 6.39. The van der Waals surface area contributed by atoms with Gasteiger partial charge in [-0.1, -0.05) is 6.07 Å². The Labute approximate surface area is 140 Å². The van der Waals surface area contributed by atoms with E-state index in [2.05, 4.69) is 4.98 Å². The molecule has 0 radical (unpaired) electrons. The van der Waals surface area contributed by atoms with Gasteiger partial charge in [-0.3, -0.25) is 4.79 Å². The number of carbonyl (C=O) groups is 1. The van der Waals surface area contributed by atoms with Crippen LogP contribution >= 0.6 is 0 Å². The standard InChI is InChI=1S/C18H18N2O4/c21-18-2-1-7-20(18)8-9-22-17-6-4-14(11-19-17)13-3-5-15-16(10-13)24-12-23-15/h3-6,10-11H,1-2,7-9,12H2. The Morgan fingerprint density at radius 3 is 2.79 bits per heavy atom. The first-order chi connectivity index (χ1) is 11.8. The molecule has 24 heavy (non-hydrogen) atoms. The molecule has 1 saturated heterocycles. The normalized spacial score (nSPS) is 15.8. The number of ether oxygens (including phenoxy) is 3. The first kappa shape index (κ1) is 14.8. The lowest BCUT2D eigenvalue weighted by Crippen LogP contribution is -2.29. The highest BCUT2D eigenvalue weighted by molar-refractivity contribution is 5.78. The smallest absolute Gasteiger partial charge is 0.231 e. The summed E-state index contributed by atoms with van der Waals surface area (Å²) >= 11 is 0. The van der Waals surface area contributed by atoms with Gasteiger partial charge in [0.2, 0.25) is 18.6 Å². The van der Waals surface area contributed by atoms with Crippen molar-refractivity contribution in [3.05, 3.63) is 36.5 Å². The molecule has 1 fully saturated rings. The number of carbonyl (C=O) groups excluding carboxylic acids is 1. The number of nitrogens with zero attached hydrogens (tertiary/aromatic N) is 2. The van der Waals surface area contributed by atoms with Crippen molar-refractivity contribution in [1.82, 2.24) is 9.88 Å². The van der Waals surface area contributed by atoms with E-state index in [0.717, 1.165) is 35.6 Å². The van der Waals surface area contributed by atoms with Gasteiger partial charge in [0.1, 0.15) is 6.61 Å². The van der Waals surface area contributed by atoms with Crippen LogP contribution in [0.2, 0.25) is 0 Å². The van der Waals surface area contributed by atoms with Crippen LogP contribution in [0.5, 0.6) is 17.4 Å². The lowest BCUT2D eigenvalue weighted by Gasteiger charge is -2.15. The summed E-state index contributed by atoms with van der Waals surface area (Å²) in [6.07, 6.45) is 3.37. The maximum atomic E-state index is 11.5. The largest absolute Gasteiger partial charge is 0.476 e. The molecule has 0 atom stereocenters. The van der Waals surface area contributed by atoms with Crippen molar-refractivity contribution in [3.63, 3.8) is 0 Å². The zero-order chi connectivity index (χ0) is 16.4. The van der Waals surface area contributed by atoms with Crippen molar-refractivity contribution in [2.75, 3.05) is 26.5 Å². The van der Waals surface area contributed by atoms with Crippen molar-refractivity contribution >= 4 is 5.91 Å². The predicted octanol–water partition coefficient (Wildman–Crippen LogP) is 2.48. The molecule has 4 rings (SSSR count). The van der Waals surface area contributed by atoms with Crippen molar-refractivity contribution in [1.29, 1.82) is 0 Å². The molecule has 2 aromatic rings. The molecule has 0 saturated carbocycles. The molecule has 0 spiro atoms. The average molecular weight is 326 g/mol. The van der Waals surface area contributed by atoms with Gasteiger partial charge < -0.3 is 19.1 Å². The Kier molecular flexibility index (Phi) is 3.94. The van der Waals surface area contributed by atoms with Gasteiger partial charge in [0.15, 0.2) is 11.5 Å². The number of hydrogen-bond acceptors (Lipinski definition) is 5. The van der Waals surface area contributed by atoms with Crippen LogP contribution in [0.4, 0.5) is 0 Å². The highest BCUT2D eigenvalue weighted by Crippen LogP contribution is 2.35. The Bertz CT molecular complexity index is 745. The van der Waals surface area contributed by atoms with E-state index in [1.807, 2.05) is 35.2 Å². The molecule has 0 N–H and O–H groups in total. The van der Waals surface area contributed by atoms with Gasteiger partial charge in [0, 0.05) is 30.8 Å². The Morgan fingerprint density at radius 1 is 1.12 bits per heavy atom. The van der Waals surface area contributed by atoms with Crippen LogP contribution in [0, 0.1) is 0 Å². The monoisotopic (exact) mass is 326 g/mol. The van der Waals surface area contributed by atoms with Crippen molar-refractivity contribution in [2.24, 2.45) is 0 Å². The molecule has 6 nitrogen and oxygen atoms in total. The van der Waals surface area contributed by atoms with Crippen LogP contribution in [0.15, 0.2) is 36.5 Å². The summed E-state index contributed by atoms with van der Waals surface area (Å²) in [6.45, 7) is 2.18. The second-order valence-electron chi connectivity index (χ2n) is 5.79. The lowest BCUT2D eigenvalue weighted by molar-refractivity contribution is -0.128. The Morgan fingerprint density at radius 2 is 2.00 bits per heavy atom. The van der Waals surface area contributed by atoms with Gasteiger partial charge in [0.25, 0.3) is 0 Å². The van der Waals surface area contributed by atoms with E-state index < -0.39 is 0 Å². The number of hydrogen-bond donors (Lipinski definition) is 0. The third-order valence-corrected chi connectivity index (χ3v) is 4.22. The summed E-state index contributed by atoms with van der Waals surface area (Å²) < 4.78 is 16.3. The fraction of sp³-hybridized carbons (Fsp3) is 0.333. The lowest BCUT2D eigenvalue weighted by atomic mass is 10.1. The minimum atomic E-state index is 0.213. The first-order valence-electron chi connectivity index (χ1n) is 8.06. The van der Waals surface area contributed by atoms with E-state index in [1.54, 1.807) is 6.20 Å². The summed E-state index contributed by atoms with van der Waals surface area (Å²) in [7, 11) is 0. The first-order valence-corrected chi connectivity index (χ1v) is 8.06. The summed E-state index contributed by atoms with van der Waals surface area (Å²) in [4.78, 5) is 17.7. The van der Waals surface area contributed by atoms with E-state index in [1.165, 1.54) is 0 Å². The molecule has 0 unspecified atom stereocenters. The minimum Gasteiger partial charge on any atom is -0.476 e. The van der Waals surface area contributed by atoms with Crippen LogP contribution in [0.1, 0.15) is 12.8 Å². The zero-order valence-electron chi connectivity index (χ0n) is 13.2. The highest BCUT2D eigenvalue weighted by Gasteiger charge is 2.19. The van der Waals surface area contributed by atoms with Gasteiger partial charge in [-0.15, -0.1) is 0 Å². The topological polar surface area (TPSA) is 60.9 Å². The van der Waals surface area contributed by atoms with Gasteiger partial charge in [-0.25, -0.2) is 4.98 Å². The van der Waals surface area contributed by atoms with Crippen molar-refractivity contribution < 1.29 is 19.0 Å². The van der Waals surface area contributed by atoms with Crippen LogP contribution < -0.4 is 14.2 Å². The molecule has 1 aromatic carbocycles. The molecule has 1 aromatic heterocycles. The highest BCUT2D eigenvalue weighted by atomic mass is 16.7. The van der Waals surface area contributed by atoms with Gasteiger partial charge >= 0.3 is 0 Å². The third-order valence-electron chi connectivity index (χ3n) is 4.22. The van der Waals surface area contributed by atoms with Crippen LogP contribution in [-0.2, 0) is 4.79 Å². The molecule has 0 bridgehead atoms. The molecule has 6 heteroatoms. The second-order valence-corrected chi connectivity index (χ2v) is 5.79. The van der Waals surface area contributed by atoms with Gasteiger partial charge in [0.05, 0.1) is 6.54 Å². The molecule has 124 valence electrons. The number of fused-ring (bicyclic) bond motifs is 1. The van der Waals surface area contributed by atoms with Crippen LogP contribution in [-0.4, -0.2) is 42.3 Å². The molecular formula is C18H18N2O4. The summed E-state index contributed by atoms with van der Waals surface area (Å²) in [5.41, 5.74) is 2.00. The number of amides is 1. The average Bonchev–Trinajstić information content (AvgIpc) is 3.24. The molecule has 1 amide bonds. The maximum Gasteiger partial charge on any atom is 0.231 e. The Balaban J connectivity index is 1.37. The SMILES string of the molecule is O=C1CCCN1CCOc1ccc(-c2ccc3c(c2)OCO3)cn1. The summed E-state index contributed by atoms with van der Waals surface area (Å²) in [5, 5.41) is 0. The van der Waals surface area contributed by atoms with Crippen molar-refractivity contribution in [3.8, 4) is 28.5 Å². The molecule has 2 aliphatic rings. The van der Waals surface area contributed by atoms with Crippen LogP contribution in [0.3, 0.4) is 0 Å². The van der Waals surface area contributed by atoms with E-state index >= 15 is 0 Å². The van der Waals surface area contributed by atoms with Crippen LogP contribution in [0.25, 0.3) is 11.1 Å². The van der Waals surface area contributed by atoms with Gasteiger partial charge in [-0.2, -0.15) is 0 Å². The van der Waals surface area contributed by atoms with Crippen molar-refractivity contribution in [2.45, 2.75) is 12.8 Å². The molecule has 3 heterocycles. The molecule has 0 aliphatic carbocycles. The quantitative estimate of drug-likeness (QED) is 0.845. The van der Waals surface area contributed by atoms with E-state index in [4.69, 9.17) is 14.2 Å². The number of pyridine rings is 1. The summed E-state index contributed by atoms with van der Waals surface area (Å²) in [5.74, 6) is 2.29. The van der Waals surface area contributed by atoms with E-state index in [0.29, 0.717) is 25.5 Å². The minimum absolute atomic E-state index is 0.213. The zero-order valence-corrected chi connectivity index (χ0v) is 13.2. The number of benzene rings is 1. The molecule has 2 aliphatic heterocycles. The number of likely N-dealkylation sites (tertiary alicyclic amines) is 1. The number of aromatic nitrogens is 1. The maximum absolute atomic E-state index is 11.5. The third kappa shape index (κ3) is 2.99. The molecular weight excluding hydrogens is 308 g/mol.